The van der Waals surface area contributed by atoms with Gasteiger partial charge in [0.15, 0.2) is 0 Å². The van der Waals surface area contributed by atoms with Crippen molar-refractivity contribution >= 4 is 11.7 Å². The van der Waals surface area contributed by atoms with Gasteiger partial charge in [0.05, 0.1) is 13.1 Å². The topological polar surface area (TPSA) is 89.7 Å². The fourth-order valence-corrected chi connectivity index (χ4v) is 2.32. The summed E-state index contributed by atoms with van der Waals surface area (Å²) in [6.07, 6.45) is 6.75. The van der Waals surface area contributed by atoms with Gasteiger partial charge in [-0.25, -0.2) is 9.78 Å². The maximum absolute atomic E-state index is 12.0. The number of hydrogen-bond donors (Lipinski definition) is 2. The summed E-state index contributed by atoms with van der Waals surface area (Å²) in [6.45, 7) is 3.18. The van der Waals surface area contributed by atoms with E-state index >= 15 is 0 Å². The maximum Gasteiger partial charge on any atom is 0.319 e. The highest BCUT2D eigenvalue weighted by Crippen LogP contribution is 2.10. The Kier molecular flexibility index (Phi) is 4.85. The van der Waals surface area contributed by atoms with Gasteiger partial charge in [-0.05, 0) is 30.7 Å². The Labute approximate surface area is 139 Å². The van der Waals surface area contributed by atoms with Crippen LogP contribution in [0.15, 0.2) is 55.4 Å². The fourth-order valence-electron chi connectivity index (χ4n) is 2.32. The van der Waals surface area contributed by atoms with Gasteiger partial charge in [-0.3, -0.25) is 9.36 Å². The van der Waals surface area contributed by atoms with Crippen LogP contribution in [-0.2, 0) is 13.1 Å². The van der Waals surface area contributed by atoms with E-state index < -0.39 is 0 Å². The third-order valence-corrected chi connectivity index (χ3v) is 3.42. The van der Waals surface area contributed by atoms with Crippen LogP contribution in [0.5, 0.6) is 0 Å². The van der Waals surface area contributed by atoms with Gasteiger partial charge in [0.25, 0.3) is 0 Å². The Balaban J connectivity index is 1.49. The van der Waals surface area contributed by atoms with Crippen molar-refractivity contribution < 1.29 is 4.79 Å². The van der Waals surface area contributed by atoms with Crippen molar-refractivity contribution in [1.29, 1.82) is 0 Å². The Bertz CT molecular complexity index is 750. The molecule has 0 bridgehead atoms. The second-order valence-corrected chi connectivity index (χ2v) is 5.52. The molecule has 0 radical (unpaired) electrons. The van der Waals surface area contributed by atoms with E-state index in [2.05, 4.69) is 25.8 Å². The van der Waals surface area contributed by atoms with Gasteiger partial charge < -0.3 is 10.6 Å². The summed E-state index contributed by atoms with van der Waals surface area (Å²) >= 11 is 0. The first-order valence-corrected chi connectivity index (χ1v) is 7.65. The van der Waals surface area contributed by atoms with Gasteiger partial charge in [0.2, 0.25) is 0 Å². The highest BCUT2D eigenvalue weighted by atomic mass is 16.2. The molecule has 0 fully saturated rings. The van der Waals surface area contributed by atoms with Gasteiger partial charge in [0, 0.05) is 24.1 Å². The molecule has 0 spiro atoms. The Morgan fingerprint density at radius 3 is 2.71 bits per heavy atom. The molecule has 0 unspecified atom stereocenters. The lowest BCUT2D eigenvalue weighted by Crippen LogP contribution is -2.38. The number of urea groups is 1. The quantitative estimate of drug-likeness (QED) is 0.722. The predicted molar refractivity (Wildman–Crippen MR) is 89.4 cm³/mol. The van der Waals surface area contributed by atoms with E-state index in [0.29, 0.717) is 13.1 Å². The zero-order chi connectivity index (χ0) is 16.8. The van der Waals surface area contributed by atoms with Crippen molar-refractivity contribution in [2.75, 3.05) is 5.32 Å². The smallest absolute Gasteiger partial charge is 0.319 e. The summed E-state index contributed by atoms with van der Waals surface area (Å²) in [4.78, 5) is 15.9. The molecule has 0 aliphatic heterocycles. The van der Waals surface area contributed by atoms with E-state index in [-0.39, 0.29) is 12.1 Å². The molecule has 2 aromatic heterocycles. The predicted octanol–water partition coefficient (Wildman–Crippen LogP) is 1.73. The van der Waals surface area contributed by atoms with E-state index in [9.17, 15) is 4.79 Å². The number of aromatic nitrogens is 5. The number of anilines is 1. The number of amides is 2. The van der Waals surface area contributed by atoms with E-state index in [4.69, 9.17) is 0 Å². The van der Waals surface area contributed by atoms with Gasteiger partial charge in [-0.15, -0.1) is 0 Å². The Morgan fingerprint density at radius 1 is 1.21 bits per heavy atom. The fraction of sp³-hybridized carbons (Fsp3) is 0.250. The standard InChI is InChI=1S/C16H19N7O/c1-13(9-23-12-17-11-19-23)20-16(24)21-15-5-3-14(4-6-15)10-22-8-2-7-18-22/h2-8,11-13H,9-10H2,1H3,(H2,20,21,24)/t13-/m0/s1. The first-order chi connectivity index (χ1) is 11.7. The van der Waals surface area contributed by atoms with E-state index in [0.717, 1.165) is 11.3 Å². The average Bonchev–Trinajstić information content (AvgIpc) is 3.23. The number of benzene rings is 1. The summed E-state index contributed by atoms with van der Waals surface area (Å²) in [5.74, 6) is 0. The minimum Gasteiger partial charge on any atom is -0.334 e. The van der Waals surface area contributed by atoms with E-state index in [1.54, 1.807) is 17.2 Å². The van der Waals surface area contributed by atoms with Crippen LogP contribution in [0.25, 0.3) is 0 Å². The number of carbonyl (C=O) groups is 1. The van der Waals surface area contributed by atoms with Crippen LogP contribution in [-0.4, -0.2) is 36.6 Å². The third-order valence-electron chi connectivity index (χ3n) is 3.42. The Morgan fingerprint density at radius 2 is 2.04 bits per heavy atom. The molecule has 0 saturated heterocycles. The summed E-state index contributed by atoms with van der Waals surface area (Å²) < 4.78 is 3.52. The minimum atomic E-state index is -0.248. The van der Waals surface area contributed by atoms with Crippen molar-refractivity contribution in [1.82, 2.24) is 29.9 Å². The van der Waals surface area contributed by atoms with Crippen molar-refractivity contribution in [3.05, 3.63) is 60.9 Å². The summed E-state index contributed by atoms with van der Waals surface area (Å²) in [5.41, 5.74) is 1.86. The van der Waals surface area contributed by atoms with Crippen LogP contribution in [0.2, 0.25) is 0 Å². The molecule has 3 aromatic rings. The largest absolute Gasteiger partial charge is 0.334 e. The molecule has 2 amide bonds. The van der Waals surface area contributed by atoms with Gasteiger partial charge in [0.1, 0.15) is 12.7 Å². The molecule has 0 aliphatic rings. The molecule has 0 saturated carbocycles. The molecule has 124 valence electrons. The number of nitrogens with one attached hydrogen (secondary N) is 2. The van der Waals surface area contributed by atoms with Crippen molar-refractivity contribution in [2.45, 2.75) is 26.1 Å². The van der Waals surface area contributed by atoms with Crippen molar-refractivity contribution in [2.24, 2.45) is 0 Å². The summed E-state index contributed by atoms with van der Waals surface area (Å²) in [5, 5.41) is 13.9. The molecule has 24 heavy (non-hydrogen) atoms. The molecule has 1 aromatic carbocycles. The molecule has 2 N–H and O–H groups in total. The van der Waals surface area contributed by atoms with Crippen molar-refractivity contribution in [3.8, 4) is 0 Å². The second kappa shape index (κ2) is 7.40. The lowest BCUT2D eigenvalue weighted by Gasteiger charge is -2.14. The SMILES string of the molecule is C[C@@H](Cn1cncn1)NC(=O)Nc1ccc(Cn2cccn2)cc1. The zero-order valence-electron chi connectivity index (χ0n) is 13.3. The van der Waals surface area contributed by atoms with Crippen LogP contribution in [0.1, 0.15) is 12.5 Å². The molecule has 2 heterocycles. The maximum atomic E-state index is 12.0. The lowest BCUT2D eigenvalue weighted by molar-refractivity contribution is 0.247. The van der Waals surface area contributed by atoms with Crippen LogP contribution in [0, 0.1) is 0 Å². The van der Waals surface area contributed by atoms with Crippen LogP contribution < -0.4 is 10.6 Å². The molecule has 1 atom stereocenters. The highest BCUT2D eigenvalue weighted by Gasteiger charge is 2.08. The van der Waals surface area contributed by atoms with E-state index in [1.165, 1.54) is 6.33 Å². The monoisotopic (exact) mass is 325 g/mol. The van der Waals surface area contributed by atoms with Crippen molar-refractivity contribution in [3.63, 3.8) is 0 Å². The average molecular weight is 325 g/mol. The summed E-state index contributed by atoms with van der Waals surface area (Å²) in [6, 6.07) is 9.27. The number of nitrogens with zero attached hydrogens (tertiary/aromatic N) is 5. The zero-order valence-corrected chi connectivity index (χ0v) is 13.3. The highest BCUT2D eigenvalue weighted by molar-refractivity contribution is 5.89. The lowest BCUT2D eigenvalue weighted by atomic mass is 10.2. The van der Waals surface area contributed by atoms with Crippen LogP contribution in [0.3, 0.4) is 0 Å². The van der Waals surface area contributed by atoms with Crippen LogP contribution >= 0.6 is 0 Å². The van der Waals surface area contributed by atoms with E-state index in [1.807, 2.05) is 48.1 Å². The molecule has 8 nitrogen and oxygen atoms in total. The molecular weight excluding hydrogens is 306 g/mol. The second-order valence-electron chi connectivity index (χ2n) is 5.52. The number of rotatable bonds is 6. The molecule has 8 heteroatoms. The van der Waals surface area contributed by atoms with Gasteiger partial charge in [-0.1, -0.05) is 12.1 Å². The normalized spacial score (nSPS) is 11.9. The third kappa shape index (κ3) is 4.42. The molecule has 3 rings (SSSR count). The summed E-state index contributed by atoms with van der Waals surface area (Å²) in [7, 11) is 0. The molecule has 0 aliphatic carbocycles. The van der Waals surface area contributed by atoms with Gasteiger partial charge in [-0.2, -0.15) is 10.2 Å². The molecular formula is C16H19N7O. The van der Waals surface area contributed by atoms with Crippen LogP contribution in [0.4, 0.5) is 10.5 Å². The number of carbonyl (C=O) groups excluding carboxylic acids is 1. The van der Waals surface area contributed by atoms with Gasteiger partial charge >= 0.3 is 6.03 Å². The first-order valence-electron chi connectivity index (χ1n) is 7.65. The first kappa shape index (κ1) is 15.7. The Hall–Kier alpha value is -3.16. The number of hydrogen-bond acceptors (Lipinski definition) is 4. The minimum absolute atomic E-state index is 0.0641.